The Bertz CT molecular complexity index is 614. The van der Waals surface area contributed by atoms with Crippen LogP contribution in [0.4, 0.5) is 9.18 Å². The summed E-state index contributed by atoms with van der Waals surface area (Å²) in [4.78, 5) is 26.7. The summed E-state index contributed by atoms with van der Waals surface area (Å²) in [7, 11) is 0. The summed E-state index contributed by atoms with van der Waals surface area (Å²) in [5, 5.41) is 2.90. The molecule has 0 bridgehead atoms. The molecule has 124 valence electrons. The third-order valence-corrected chi connectivity index (χ3v) is 5.81. The van der Waals surface area contributed by atoms with Crippen molar-refractivity contribution in [3.8, 4) is 0 Å². The SMILES string of the molecule is CC1CCC2(CC1)NC(=O)N(CCSc1ccccc1F)C2=O. The first-order valence-electron chi connectivity index (χ1n) is 8.03. The fraction of sp³-hybridized carbons (Fsp3) is 0.529. The van der Waals surface area contributed by atoms with E-state index in [9.17, 15) is 14.0 Å². The van der Waals surface area contributed by atoms with E-state index in [0.29, 0.717) is 23.1 Å². The van der Waals surface area contributed by atoms with E-state index in [0.717, 1.165) is 25.7 Å². The average Bonchev–Trinajstić information content (AvgIpc) is 2.76. The lowest BCUT2D eigenvalue weighted by atomic mass is 9.77. The van der Waals surface area contributed by atoms with Crippen LogP contribution in [0.15, 0.2) is 29.2 Å². The number of thioether (sulfide) groups is 1. The van der Waals surface area contributed by atoms with Crippen LogP contribution in [0, 0.1) is 11.7 Å². The monoisotopic (exact) mass is 336 g/mol. The van der Waals surface area contributed by atoms with E-state index in [1.165, 1.54) is 22.7 Å². The molecule has 1 aromatic rings. The smallest absolute Gasteiger partial charge is 0.323 e. The number of halogens is 1. The minimum Gasteiger partial charge on any atom is -0.323 e. The van der Waals surface area contributed by atoms with Gasteiger partial charge in [-0.15, -0.1) is 11.8 Å². The lowest BCUT2D eigenvalue weighted by Gasteiger charge is -2.33. The largest absolute Gasteiger partial charge is 0.325 e. The zero-order chi connectivity index (χ0) is 16.4. The number of carbonyl (C=O) groups excluding carboxylic acids is 2. The first-order valence-corrected chi connectivity index (χ1v) is 9.02. The van der Waals surface area contributed by atoms with Crippen LogP contribution in [-0.2, 0) is 4.79 Å². The van der Waals surface area contributed by atoms with Gasteiger partial charge in [-0.1, -0.05) is 19.1 Å². The van der Waals surface area contributed by atoms with E-state index in [-0.39, 0.29) is 17.8 Å². The predicted molar refractivity (Wildman–Crippen MR) is 87.7 cm³/mol. The fourth-order valence-electron chi connectivity index (χ4n) is 3.28. The standard InChI is InChI=1S/C17H21FN2O2S/c1-12-6-8-17(9-7-12)15(21)20(16(22)19-17)10-11-23-14-5-3-2-4-13(14)18/h2-5,12H,6-11H2,1H3,(H,19,22). The maximum Gasteiger partial charge on any atom is 0.325 e. The van der Waals surface area contributed by atoms with Crippen LogP contribution in [0.3, 0.4) is 0 Å². The second-order valence-corrected chi connectivity index (χ2v) is 7.57. The summed E-state index contributed by atoms with van der Waals surface area (Å²) in [5.74, 6) is 0.721. The van der Waals surface area contributed by atoms with Gasteiger partial charge in [-0.25, -0.2) is 9.18 Å². The maximum absolute atomic E-state index is 13.6. The molecule has 3 rings (SSSR count). The number of urea groups is 1. The average molecular weight is 336 g/mol. The molecule has 1 saturated carbocycles. The Morgan fingerprint density at radius 2 is 2.00 bits per heavy atom. The van der Waals surface area contributed by atoms with Gasteiger partial charge in [-0.3, -0.25) is 9.69 Å². The summed E-state index contributed by atoms with van der Waals surface area (Å²) in [6, 6.07) is 6.23. The van der Waals surface area contributed by atoms with Crippen LogP contribution >= 0.6 is 11.8 Å². The summed E-state index contributed by atoms with van der Waals surface area (Å²) in [5.41, 5.74) is -0.688. The predicted octanol–water partition coefficient (Wildman–Crippen LogP) is 3.42. The van der Waals surface area contributed by atoms with E-state index in [4.69, 9.17) is 0 Å². The van der Waals surface area contributed by atoms with Crippen molar-refractivity contribution in [1.82, 2.24) is 10.2 Å². The highest BCUT2D eigenvalue weighted by Gasteiger charge is 2.51. The molecular formula is C17H21FN2O2S. The zero-order valence-electron chi connectivity index (χ0n) is 13.2. The van der Waals surface area contributed by atoms with Gasteiger partial charge in [0.25, 0.3) is 5.91 Å². The molecule has 1 aliphatic heterocycles. The van der Waals surface area contributed by atoms with E-state index < -0.39 is 5.54 Å². The van der Waals surface area contributed by atoms with Crippen LogP contribution in [0.1, 0.15) is 32.6 Å². The molecule has 1 saturated heterocycles. The molecular weight excluding hydrogens is 315 g/mol. The van der Waals surface area contributed by atoms with Crippen molar-refractivity contribution in [2.45, 2.75) is 43.0 Å². The maximum atomic E-state index is 13.6. The number of rotatable bonds is 4. The molecule has 0 atom stereocenters. The number of benzene rings is 1. The first-order chi connectivity index (χ1) is 11.0. The van der Waals surface area contributed by atoms with E-state index in [2.05, 4.69) is 12.2 Å². The van der Waals surface area contributed by atoms with Crippen molar-refractivity contribution in [3.05, 3.63) is 30.1 Å². The highest BCUT2D eigenvalue weighted by Crippen LogP contribution is 2.36. The van der Waals surface area contributed by atoms with Gasteiger partial charge in [0.05, 0.1) is 0 Å². The van der Waals surface area contributed by atoms with Gasteiger partial charge in [0, 0.05) is 17.2 Å². The molecule has 1 aromatic carbocycles. The quantitative estimate of drug-likeness (QED) is 0.677. The molecule has 0 aromatic heterocycles. The van der Waals surface area contributed by atoms with Gasteiger partial charge in [0.1, 0.15) is 11.4 Å². The first kappa shape index (κ1) is 16.3. The molecule has 6 heteroatoms. The molecule has 0 unspecified atom stereocenters. The van der Waals surface area contributed by atoms with Crippen molar-refractivity contribution in [2.24, 2.45) is 5.92 Å². The molecule has 2 fully saturated rings. The van der Waals surface area contributed by atoms with Gasteiger partial charge in [0.15, 0.2) is 0 Å². The molecule has 2 aliphatic rings. The normalized spacial score (nSPS) is 27.6. The fourth-order valence-corrected chi connectivity index (χ4v) is 4.16. The number of amides is 3. The molecule has 1 N–H and O–H groups in total. The van der Waals surface area contributed by atoms with E-state index >= 15 is 0 Å². The van der Waals surface area contributed by atoms with Crippen molar-refractivity contribution < 1.29 is 14.0 Å². The summed E-state index contributed by atoms with van der Waals surface area (Å²) in [6.45, 7) is 2.48. The van der Waals surface area contributed by atoms with E-state index in [1.54, 1.807) is 18.2 Å². The lowest BCUT2D eigenvalue weighted by molar-refractivity contribution is -0.132. The minimum atomic E-state index is -0.688. The van der Waals surface area contributed by atoms with Crippen molar-refractivity contribution >= 4 is 23.7 Å². The van der Waals surface area contributed by atoms with Gasteiger partial charge in [0.2, 0.25) is 0 Å². The number of imide groups is 1. The van der Waals surface area contributed by atoms with Crippen molar-refractivity contribution in [1.29, 1.82) is 0 Å². The van der Waals surface area contributed by atoms with Crippen LogP contribution in [-0.4, -0.2) is 34.7 Å². The van der Waals surface area contributed by atoms with Gasteiger partial charge in [-0.05, 0) is 43.7 Å². The van der Waals surface area contributed by atoms with E-state index in [1.807, 2.05) is 0 Å². The Hall–Kier alpha value is -1.56. The van der Waals surface area contributed by atoms with Gasteiger partial charge >= 0.3 is 6.03 Å². The summed E-state index contributed by atoms with van der Waals surface area (Å²) in [6.07, 6.45) is 3.36. The number of carbonyl (C=O) groups is 2. The molecule has 23 heavy (non-hydrogen) atoms. The third kappa shape index (κ3) is 3.22. The van der Waals surface area contributed by atoms with Gasteiger partial charge < -0.3 is 5.32 Å². The Balaban J connectivity index is 1.59. The second-order valence-electron chi connectivity index (χ2n) is 6.43. The third-order valence-electron chi connectivity index (χ3n) is 4.78. The summed E-state index contributed by atoms with van der Waals surface area (Å²) < 4.78 is 13.6. The van der Waals surface area contributed by atoms with Crippen molar-refractivity contribution in [3.63, 3.8) is 0 Å². The highest BCUT2D eigenvalue weighted by molar-refractivity contribution is 7.99. The number of nitrogens with one attached hydrogen (secondary N) is 1. The molecule has 1 spiro atoms. The minimum absolute atomic E-state index is 0.108. The van der Waals surface area contributed by atoms with Crippen LogP contribution in [0.2, 0.25) is 0 Å². The Morgan fingerprint density at radius 3 is 2.70 bits per heavy atom. The second kappa shape index (κ2) is 6.51. The van der Waals surface area contributed by atoms with Crippen molar-refractivity contribution in [2.75, 3.05) is 12.3 Å². The number of hydrogen-bond donors (Lipinski definition) is 1. The number of nitrogens with zero attached hydrogens (tertiary/aromatic N) is 1. The van der Waals surface area contributed by atoms with Crippen LogP contribution in [0.25, 0.3) is 0 Å². The highest BCUT2D eigenvalue weighted by atomic mass is 32.2. The van der Waals surface area contributed by atoms with Crippen LogP contribution < -0.4 is 5.32 Å². The zero-order valence-corrected chi connectivity index (χ0v) is 14.0. The Morgan fingerprint density at radius 1 is 1.30 bits per heavy atom. The number of hydrogen-bond acceptors (Lipinski definition) is 3. The molecule has 4 nitrogen and oxygen atoms in total. The summed E-state index contributed by atoms with van der Waals surface area (Å²) >= 11 is 1.32. The van der Waals surface area contributed by atoms with Gasteiger partial charge in [-0.2, -0.15) is 0 Å². The lowest BCUT2D eigenvalue weighted by Crippen LogP contribution is -2.49. The Kier molecular flexibility index (Phi) is 4.62. The Labute approximate surface area is 139 Å². The van der Waals surface area contributed by atoms with Crippen LogP contribution in [0.5, 0.6) is 0 Å². The molecule has 1 heterocycles. The molecule has 0 radical (unpaired) electrons. The molecule has 3 amide bonds. The topological polar surface area (TPSA) is 49.4 Å². The molecule has 1 aliphatic carbocycles.